The van der Waals surface area contributed by atoms with E-state index in [1.807, 2.05) is 16.2 Å². The Morgan fingerprint density at radius 3 is 2.27 bits per heavy atom. The fourth-order valence-electron chi connectivity index (χ4n) is 7.11. The van der Waals surface area contributed by atoms with Crippen LogP contribution in [-0.2, 0) is 24.4 Å². The number of hydrogen-bond acceptors (Lipinski definition) is 8. The van der Waals surface area contributed by atoms with Crippen molar-refractivity contribution in [3.63, 3.8) is 0 Å². The smallest absolute Gasteiger partial charge is 0.260 e. The molecule has 3 fully saturated rings. The third kappa shape index (κ3) is 7.72. The molecule has 1 aromatic rings. The zero-order chi connectivity index (χ0) is 32.3. The van der Waals surface area contributed by atoms with Gasteiger partial charge in [-0.25, -0.2) is 13.5 Å². The maximum Gasteiger partial charge on any atom is 0.260 e. The van der Waals surface area contributed by atoms with Gasteiger partial charge in [-0.3, -0.25) is 24.3 Å². The Balaban J connectivity index is 1.29. The number of hydrogen-bond donors (Lipinski definition) is 0. The van der Waals surface area contributed by atoms with E-state index >= 15 is 0 Å². The van der Waals surface area contributed by atoms with Crippen LogP contribution in [0.4, 0.5) is 0 Å². The van der Waals surface area contributed by atoms with Gasteiger partial charge in [-0.2, -0.15) is 4.31 Å². The molecule has 0 radical (unpaired) electrons. The highest BCUT2D eigenvalue weighted by Gasteiger charge is 2.49. The van der Waals surface area contributed by atoms with Crippen molar-refractivity contribution >= 4 is 21.8 Å². The highest BCUT2D eigenvalue weighted by Crippen LogP contribution is 2.36. The first kappa shape index (κ1) is 33.8. The molecule has 0 aromatic carbocycles. The van der Waals surface area contributed by atoms with E-state index in [4.69, 9.17) is 4.84 Å². The molecule has 4 aliphatic heterocycles. The van der Waals surface area contributed by atoms with Gasteiger partial charge in [0.05, 0.1) is 6.20 Å². The summed E-state index contributed by atoms with van der Waals surface area (Å²) in [5.41, 5.74) is 0. The highest BCUT2D eigenvalue weighted by atomic mass is 32.2. The molecule has 250 valence electrons. The minimum Gasteiger partial charge on any atom is -0.310 e. The van der Waals surface area contributed by atoms with E-state index in [9.17, 15) is 18.0 Å². The van der Waals surface area contributed by atoms with Crippen LogP contribution in [-0.4, -0.2) is 107 Å². The van der Waals surface area contributed by atoms with Gasteiger partial charge in [0.2, 0.25) is 15.9 Å². The van der Waals surface area contributed by atoms with Crippen LogP contribution in [0.5, 0.6) is 0 Å². The van der Waals surface area contributed by atoms with Crippen molar-refractivity contribution < 1.29 is 22.8 Å². The Morgan fingerprint density at radius 1 is 0.956 bits per heavy atom. The first-order valence-corrected chi connectivity index (χ1v) is 18.3. The number of piperidine rings is 2. The van der Waals surface area contributed by atoms with Gasteiger partial charge in [0, 0.05) is 38.1 Å². The molecule has 0 N–H and O–H groups in total. The number of carbonyl (C=O) groups excluding carboxylic acids is 2. The second-order valence-corrected chi connectivity index (χ2v) is 16.1. The van der Waals surface area contributed by atoms with Crippen LogP contribution < -0.4 is 0 Å². The van der Waals surface area contributed by atoms with Gasteiger partial charge in [0.25, 0.3) is 5.91 Å². The monoisotopic (exact) mass is 644 g/mol. The van der Waals surface area contributed by atoms with Crippen molar-refractivity contribution in [3.05, 3.63) is 36.5 Å². The number of nitrogens with zero attached hydrogens (tertiary/aromatic N) is 6. The SMILES string of the molecule is CC(C)C[C@H]1ON(CCCC2CCN(S(=O)(=O)c3cccnc3)CC2)C2=CN(C3CCN(C)CC3)C(=O)[C@H](CC(C)C)N2C1=O. The van der Waals surface area contributed by atoms with Crippen molar-refractivity contribution in [1.82, 2.24) is 29.1 Å². The minimum atomic E-state index is -3.53. The van der Waals surface area contributed by atoms with Crippen LogP contribution >= 0.6 is 0 Å². The number of hydroxylamine groups is 2. The minimum absolute atomic E-state index is 0.0218. The van der Waals surface area contributed by atoms with Crippen LogP contribution in [0.25, 0.3) is 0 Å². The fourth-order valence-corrected chi connectivity index (χ4v) is 8.55. The second-order valence-electron chi connectivity index (χ2n) is 14.1. The summed E-state index contributed by atoms with van der Waals surface area (Å²) in [5, 5.41) is 1.89. The fraction of sp³-hybridized carbons (Fsp3) is 0.727. The summed E-state index contributed by atoms with van der Waals surface area (Å²) >= 11 is 0. The predicted molar refractivity (Wildman–Crippen MR) is 172 cm³/mol. The summed E-state index contributed by atoms with van der Waals surface area (Å²) in [5.74, 6) is 1.51. The van der Waals surface area contributed by atoms with Crippen LogP contribution in [0, 0.1) is 17.8 Å². The van der Waals surface area contributed by atoms with Crippen LogP contribution in [0.2, 0.25) is 0 Å². The molecule has 2 amide bonds. The van der Waals surface area contributed by atoms with E-state index in [0.717, 1.165) is 51.6 Å². The molecule has 0 aliphatic carbocycles. The summed E-state index contributed by atoms with van der Waals surface area (Å²) < 4.78 is 27.7. The first-order chi connectivity index (χ1) is 21.5. The van der Waals surface area contributed by atoms with Gasteiger partial charge in [-0.05, 0) is 101 Å². The van der Waals surface area contributed by atoms with E-state index in [-0.39, 0.29) is 34.6 Å². The summed E-state index contributed by atoms with van der Waals surface area (Å²) in [6.45, 7) is 11.8. The summed E-state index contributed by atoms with van der Waals surface area (Å²) in [7, 11) is -1.42. The molecular weight excluding hydrogens is 592 g/mol. The van der Waals surface area contributed by atoms with E-state index in [1.165, 1.54) is 6.20 Å². The van der Waals surface area contributed by atoms with Gasteiger partial charge in [-0.1, -0.05) is 27.7 Å². The molecule has 0 spiro atoms. The Kier molecular flexibility index (Phi) is 10.9. The molecule has 5 rings (SSSR count). The van der Waals surface area contributed by atoms with E-state index in [1.54, 1.807) is 27.5 Å². The molecule has 4 aliphatic rings. The largest absolute Gasteiger partial charge is 0.310 e. The summed E-state index contributed by atoms with van der Waals surface area (Å²) in [6.07, 6.45) is 10.6. The lowest BCUT2D eigenvalue weighted by molar-refractivity contribution is -0.232. The van der Waals surface area contributed by atoms with Crippen LogP contribution in [0.3, 0.4) is 0 Å². The molecule has 0 unspecified atom stereocenters. The van der Waals surface area contributed by atoms with Crippen LogP contribution in [0.15, 0.2) is 41.4 Å². The molecular formula is C33H52N6O5S. The average Bonchev–Trinajstić information content (AvgIpc) is 3.01. The van der Waals surface area contributed by atoms with E-state index < -0.39 is 22.2 Å². The van der Waals surface area contributed by atoms with Crippen LogP contribution in [0.1, 0.15) is 79.1 Å². The van der Waals surface area contributed by atoms with E-state index in [0.29, 0.717) is 44.2 Å². The normalized spacial score (nSPS) is 25.0. The van der Waals surface area contributed by atoms with Gasteiger partial charge in [0.15, 0.2) is 11.9 Å². The molecule has 0 bridgehead atoms. The maximum atomic E-state index is 14.1. The number of rotatable bonds is 11. The highest BCUT2D eigenvalue weighted by molar-refractivity contribution is 7.89. The van der Waals surface area contributed by atoms with Gasteiger partial charge >= 0.3 is 0 Å². The lowest BCUT2D eigenvalue weighted by Gasteiger charge is -2.50. The van der Waals surface area contributed by atoms with Crippen molar-refractivity contribution in [2.75, 3.05) is 39.8 Å². The Labute approximate surface area is 269 Å². The van der Waals surface area contributed by atoms with E-state index in [2.05, 4.69) is 44.6 Å². The van der Waals surface area contributed by atoms with Crippen molar-refractivity contribution in [1.29, 1.82) is 0 Å². The molecule has 12 heteroatoms. The third-order valence-electron chi connectivity index (χ3n) is 9.66. The standard InChI is InChI=1S/C33H52N6O5S/c1-24(2)20-29-32(40)37(27-12-16-35(5)17-13-27)23-31-38(44-30(21-25(3)4)33(41)39(29)31)15-7-8-26-10-18-36(19-11-26)45(42,43)28-9-6-14-34-22-28/h6,9,14,22-27,29-30H,7-8,10-13,15-21H2,1-5H3/t29-,30+/m0/s1. The Hall–Kier alpha value is -2.54. The molecule has 0 saturated carbocycles. The molecule has 11 nitrogen and oxygen atoms in total. The van der Waals surface area contributed by atoms with Crippen molar-refractivity contribution in [2.24, 2.45) is 17.8 Å². The zero-order valence-electron chi connectivity index (χ0n) is 27.7. The summed E-state index contributed by atoms with van der Waals surface area (Å²) in [6, 6.07) is 2.82. The van der Waals surface area contributed by atoms with Gasteiger partial charge < -0.3 is 9.80 Å². The molecule has 1 aromatic heterocycles. The Morgan fingerprint density at radius 2 is 1.64 bits per heavy atom. The van der Waals surface area contributed by atoms with Crippen molar-refractivity contribution in [2.45, 2.75) is 102 Å². The Bertz CT molecular complexity index is 1310. The van der Waals surface area contributed by atoms with Gasteiger partial charge in [-0.15, -0.1) is 0 Å². The quantitative estimate of drug-likeness (QED) is 0.357. The number of carbonyl (C=O) groups is 2. The zero-order valence-corrected chi connectivity index (χ0v) is 28.5. The lowest BCUT2D eigenvalue weighted by atomic mass is 9.93. The average molecular weight is 645 g/mol. The molecule has 5 heterocycles. The molecule has 3 saturated heterocycles. The topological polar surface area (TPSA) is 107 Å². The van der Waals surface area contributed by atoms with Gasteiger partial charge in [0.1, 0.15) is 10.9 Å². The number of likely N-dealkylation sites (tertiary alicyclic amines) is 1. The lowest BCUT2D eigenvalue weighted by Crippen LogP contribution is -2.64. The number of sulfonamides is 1. The predicted octanol–water partition coefficient (Wildman–Crippen LogP) is 3.90. The maximum absolute atomic E-state index is 14.1. The summed E-state index contributed by atoms with van der Waals surface area (Å²) in [4.78, 5) is 44.6. The molecule has 45 heavy (non-hydrogen) atoms. The number of aromatic nitrogens is 1. The number of amides is 2. The number of pyridine rings is 1. The number of fused-ring (bicyclic) bond motifs is 1. The second kappa shape index (κ2) is 14.5. The third-order valence-corrected chi connectivity index (χ3v) is 11.5. The first-order valence-electron chi connectivity index (χ1n) is 16.9. The molecule has 2 atom stereocenters. The van der Waals surface area contributed by atoms with Crippen molar-refractivity contribution in [3.8, 4) is 0 Å².